The second-order valence-electron chi connectivity index (χ2n) is 6.64. The van der Waals surface area contributed by atoms with E-state index in [0.717, 1.165) is 17.9 Å². The summed E-state index contributed by atoms with van der Waals surface area (Å²) in [6, 6.07) is 14.9. The van der Waals surface area contributed by atoms with Crippen molar-refractivity contribution in [1.29, 1.82) is 0 Å². The molecular formula is C22H20N2O. The zero-order valence-corrected chi connectivity index (χ0v) is 14.3. The number of H-pyrrole nitrogens is 1. The Balaban J connectivity index is 1.76. The Kier molecular flexibility index (Phi) is 3.20. The number of aromatic amines is 1. The van der Waals surface area contributed by atoms with E-state index in [1.54, 1.807) is 7.11 Å². The van der Waals surface area contributed by atoms with Gasteiger partial charge in [0, 0.05) is 52.8 Å². The molecule has 3 nitrogen and oxygen atoms in total. The molecule has 0 saturated heterocycles. The SMILES string of the molecule is COc1ccccc1-c1c[nH]cc1-c1cn2c3c(cccc13)CCC2. The highest BCUT2D eigenvalue weighted by Crippen LogP contribution is 2.41. The summed E-state index contributed by atoms with van der Waals surface area (Å²) in [6.07, 6.45) is 8.88. The molecule has 4 aromatic rings. The maximum atomic E-state index is 5.58. The Morgan fingerprint density at radius 1 is 0.920 bits per heavy atom. The molecule has 3 heterocycles. The summed E-state index contributed by atoms with van der Waals surface area (Å²) in [5.41, 5.74) is 7.68. The second kappa shape index (κ2) is 5.55. The van der Waals surface area contributed by atoms with Crippen LogP contribution in [0, 0.1) is 0 Å². The minimum Gasteiger partial charge on any atom is -0.496 e. The monoisotopic (exact) mass is 328 g/mol. The van der Waals surface area contributed by atoms with E-state index >= 15 is 0 Å². The van der Waals surface area contributed by atoms with Crippen LogP contribution in [0.5, 0.6) is 5.75 Å². The molecule has 0 atom stereocenters. The van der Waals surface area contributed by atoms with Crippen LogP contribution in [-0.4, -0.2) is 16.7 Å². The lowest BCUT2D eigenvalue weighted by atomic mass is 9.96. The number of aryl methyl sites for hydroxylation is 2. The Morgan fingerprint density at radius 2 is 1.76 bits per heavy atom. The van der Waals surface area contributed by atoms with Gasteiger partial charge in [0.15, 0.2) is 0 Å². The lowest BCUT2D eigenvalue weighted by Crippen LogP contribution is -2.05. The normalized spacial score (nSPS) is 13.3. The Bertz CT molecular complexity index is 1070. The van der Waals surface area contributed by atoms with Crippen LogP contribution in [0.4, 0.5) is 0 Å². The summed E-state index contributed by atoms with van der Waals surface area (Å²) < 4.78 is 8.00. The molecule has 0 radical (unpaired) electrons. The minimum absolute atomic E-state index is 0.900. The molecule has 25 heavy (non-hydrogen) atoms. The molecule has 0 spiro atoms. The van der Waals surface area contributed by atoms with Crippen LogP contribution in [0.15, 0.2) is 61.1 Å². The van der Waals surface area contributed by atoms with E-state index in [1.165, 1.54) is 46.0 Å². The molecule has 3 heteroatoms. The molecule has 2 aromatic carbocycles. The van der Waals surface area contributed by atoms with Crippen LogP contribution in [0.25, 0.3) is 33.2 Å². The summed E-state index contributed by atoms with van der Waals surface area (Å²) in [5, 5.41) is 1.34. The van der Waals surface area contributed by atoms with E-state index in [-0.39, 0.29) is 0 Å². The summed E-state index contributed by atoms with van der Waals surface area (Å²) in [5.74, 6) is 0.900. The molecule has 0 unspecified atom stereocenters. The zero-order chi connectivity index (χ0) is 16.8. The van der Waals surface area contributed by atoms with E-state index in [4.69, 9.17) is 4.74 Å². The Hall–Kier alpha value is -2.94. The number of ether oxygens (including phenoxy) is 1. The van der Waals surface area contributed by atoms with Crippen LogP contribution >= 0.6 is 0 Å². The summed E-state index contributed by atoms with van der Waals surface area (Å²) >= 11 is 0. The van der Waals surface area contributed by atoms with Gasteiger partial charge in [0.1, 0.15) is 5.75 Å². The Labute approximate surface area is 146 Å². The first-order valence-electron chi connectivity index (χ1n) is 8.78. The lowest BCUT2D eigenvalue weighted by Gasteiger charge is -2.14. The van der Waals surface area contributed by atoms with Crippen molar-refractivity contribution in [3.8, 4) is 28.0 Å². The number of methoxy groups -OCH3 is 1. The minimum atomic E-state index is 0.900. The third-order valence-electron chi connectivity index (χ3n) is 5.26. The number of para-hydroxylation sites is 2. The maximum absolute atomic E-state index is 5.58. The van der Waals surface area contributed by atoms with Gasteiger partial charge in [0.2, 0.25) is 0 Å². The van der Waals surface area contributed by atoms with Gasteiger partial charge in [-0.3, -0.25) is 0 Å². The van der Waals surface area contributed by atoms with E-state index < -0.39 is 0 Å². The van der Waals surface area contributed by atoms with Gasteiger partial charge in [-0.05, 0) is 24.5 Å². The van der Waals surface area contributed by atoms with Gasteiger partial charge in [-0.2, -0.15) is 0 Å². The summed E-state index contributed by atoms with van der Waals surface area (Å²) in [6.45, 7) is 1.10. The molecular weight excluding hydrogens is 308 g/mol. The highest BCUT2D eigenvalue weighted by molar-refractivity contribution is 6.01. The fourth-order valence-electron chi connectivity index (χ4n) is 4.15. The molecule has 0 fully saturated rings. The first kappa shape index (κ1) is 14.4. The zero-order valence-electron chi connectivity index (χ0n) is 14.3. The molecule has 5 rings (SSSR count). The maximum Gasteiger partial charge on any atom is 0.126 e. The number of rotatable bonds is 3. The highest BCUT2D eigenvalue weighted by atomic mass is 16.5. The molecule has 0 amide bonds. The van der Waals surface area contributed by atoms with E-state index in [0.29, 0.717) is 0 Å². The van der Waals surface area contributed by atoms with Crippen molar-refractivity contribution >= 4 is 10.9 Å². The number of nitrogens with zero attached hydrogens (tertiary/aromatic N) is 1. The first-order valence-corrected chi connectivity index (χ1v) is 8.78. The third kappa shape index (κ3) is 2.12. The van der Waals surface area contributed by atoms with Crippen molar-refractivity contribution in [2.24, 2.45) is 0 Å². The lowest BCUT2D eigenvalue weighted by molar-refractivity contribution is 0.416. The van der Waals surface area contributed by atoms with Crippen molar-refractivity contribution in [2.75, 3.05) is 7.11 Å². The largest absolute Gasteiger partial charge is 0.496 e. The van der Waals surface area contributed by atoms with Gasteiger partial charge >= 0.3 is 0 Å². The van der Waals surface area contributed by atoms with Crippen LogP contribution in [0.1, 0.15) is 12.0 Å². The van der Waals surface area contributed by atoms with E-state index in [1.807, 2.05) is 12.1 Å². The van der Waals surface area contributed by atoms with Gasteiger partial charge in [-0.1, -0.05) is 36.4 Å². The molecule has 1 aliphatic rings. The van der Waals surface area contributed by atoms with Gasteiger partial charge in [-0.15, -0.1) is 0 Å². The number of aromatic nitrogens is 2. The fraction of sp³-hybridized carbons (Fsp3) is 0.182. The van der Waals surface area contributed by atoms with Crippen LogP contribution in [0.3, 0.4) is 0 Å². The number of benzene rings is 2. The van der Waals surface area contributed by atoms with Crippen LogP contribution in [0.2, 0.25) is 0 Å². The van der Waals surface area contributed by atoms with Gasteiger partial charge < -0.3 is 14.3 Å². The van der Waals surface area contributed by atoms with Gasteiger partial charge in [-0.25, -0.2) is 0 Å². The average Bonchev–Trinajstić information content (AvgIpc) is 3.28. The van der Waals surface area contributed by atoms with Crippen molar-refractivity contribution < 1.29 is 4.74 Å². The van der Waals surface area contributed by atoms with E-state index in [9.17, 15) is 0 Å². The van der Waals surface area contributed by atoms with Crippen molar-refractivity contribution in [2.45, 2.75) is 19.4 Å². The van der Waals surface area contributed by atoms with Crippen LogP contribution < -0.4 is 4.74 Å². The summed E-state index contributed by atoms with van der Waals surface area (Å²) in [4.78, 5) is 3.30. The average molecular weight is 328 g/mol. The van der Waals surface area contributed by atoms with E-state index in [2.05, 4.69) is 58.5 Å². The second-order valence-corrected chi connectivity index (χ2v) is 6.64. The van der Waals surface area contributed by atoms with Gasteiger partial charge in [0.25, 0.3) is 0 Å². The standard InChI is InChI=1S/C22H20N2O/c1-25-21-10-3-2-8-16(21)18-12-23-13-19(18)20-14-24-11-5-7-15-6-4-9-17(20)22(15)24/h2-4,6,8-10,12-14,23H,5,7,11H2,1H3. The molecule has 0 bridgehead atoms. The molecule has 0 aliphatic carbocycles. The van der Waals surface area contributed by atoms with Crippen LogP contribution in [-0.2, 0) is 13.0 Å². The smallest absolute Gasteiger partial charge is 0.126 e. The summed E-state index contributed by atoms with van der Waals surface area (Å²) in [7, 11) is 1.73. The molecule has 0 saturated carbocycles. The Morgan fingerprint density at radius 3 is 2.64 bits per heavy atom. The molecule has 1 N–H and O–H groups in total. The third-order valence-corrected chi connectivity index (χ3v) is 5.26. The predicted octanol–water partition coefficient (Wildman–Crippen LogP) is 5.26. The highest BCUT2D eigenvalue weighted by Gasteiger charge is 2.20. The first-order chi connectivity index (χ1) is 12.4. The number of hydrogen-bond donors (Lipinski definition) is 1. The number of hydrogen-bond acceptors (Lipinski definition) is 1. The molecule has 124 valence electrons. The number of nitrogens with one attached hydrogen (secondary N) is 1. The predicted molar refractivity (Wildman–Crippen MR) is 102 cm³/mol. The fourth-order valence-corrected chi connectivity index (χ4v) is 4.15. The van der Waals surface area contributed by atoms with Crippen molar-refractivity contribution in [1.82, 2.24) is 9.55 Å². The molecule has 1 aliphatic heterocycles. The van der Waals surface area contributed by atoms with Crippen molar-refractivity contribution in [3.05, 3.63) is 66.6 Å². The van der Waals surface area contributed by atoms with Crippen molar-refractivity contribution in [3.63, 3.8) is 0 Å². The van der Waals surface area contributed by atoms with Gasteiger partial charge in [0.05, 0.1) is 12.6 Å². The molecule has 2 aromatic heterocycles. The quantitative estimate of drug-likeness (QED) is 0.546. The topological polar surface area (TPSA) is 29.9 Å².